The first-order valence-electron chi connectivity index (χ1n) is 12.1. The normalized spacial score (nSPS) is 15.3. The fourth-order valence-electron chi connectivity index (χ4n) is 5.24. The summed E-state index contributed by atoms with van der Waals surface area (Å²) in [6.45, 7) is 10.9. The number of nitrogens with zero attached hydrogens (tertiary/aromatic N) is 1. The lowest BCUT2D eigenvalue weighted by Gasteiger charge is -2.49. The molecule has 0 bridgehead atoms. The number of carbonyl (C=O) groups is 1. The van der Waals surface area contributed by atoms with E-state index in [1.807, 2.05) is 26.0 Å². The molecule has 1 N–H and O–H groups in total. The highest BCUT2D eigenvalue weighted by Crippen LogP contribution is 2.76. The fraction of sp³-hybridized carbons (Fsp3) is 0.692. The van der Waals surface area contributed by atoms with Crippen molar-refractivity contribution >= 4 is 18.9 Å². The van der Waals surface area contributed by atoms with Crippen LogP contribution < -0.4 is 5.32 Å². The Morgan fingerprint density at radius 1 is 1.00 bits per heavy atom. The molecule has 0 spiro atoms. The third-order valence-corrected chi connectivity index (χ3v) is 13.2. The minimum absolute atomic E-state index is 0.126. The first-order valence-corrected chi connectivity index (χ1v) is 14.4. The molecular formula is C26H42N2OP+. The molecule has 166 valence electrons. The Hall–Kier alpha value is -1.39. The maximum absolute atomic E-state index is 14.0. The largest absolute Gasteiger partial charge is 0.322 e. The van der Waals surface area contributed by atoms with Crippen molar-refractivity contribution in [3.8, 4) is 6.07 Å². The molecule has 0 unspecified atom stereocenters. The number of unbranched alkanes of at least 4 members (excludes halogenated alkanes) is 3. The van der Waals surface area contributed by atoms with Gasteiger partial charge in [-0.1, -0.05) is 40.0 Å². The first kappa shape index (κ1) is 24.9. The van der Waals surface area contributed by atoms with Crippen molar-refractivity contribution in [2.45, 2.75) is 97.6 Å². The van der Waals surface area contributed by atoms with Gasteiger partial charge >= 0.3 is 0 Å². The van der Waals surface area contributed by atoms with Gasteiger partial charge < -0.3 is 5.32 Å². The van der Waals surface area contributed by atoms with Crippen LogP contribution in [0.25, 0.3) is 0 Å². The van der Waals surface area contributed by atoms with Crippen LogP contribution in [-0.2, 0) is 4.79 Å². The topological polar surface area (TPSA) is 52.9 Å². The van der Waals surface area contributed by atoms with E-state index < -0.39 is 7.26 Å². The third-order valence-electron chi connectivity index (χ3n) is 7.23. The molecule has 3 nitrogen and oxygen atoms in total. The van der Waals surface area contributed by atoms with Crippen molar-refractivity contribution in [2.24, 2.45) is 0 Å². The highest BCUT2D eigenvalue weighted by atomic mass is 31.2. The van der Waals surface area contributed by atoms with Crippen molar-refractivity contribution in [1.29, 1.82) is 5.26 Å². The Balaban J connectivity index is 2.41. The number of amides is 1. The molecule has 1 aliphatic carbocycles. The van der Waals surface area contributed by atoms with Crippen molar-refractivity contribution in [3.05, 3.63) is 28.8 Å². The molecule has 0 radical (unpaired) electrons. The zero-order valence-electron chi connectivity index (χ0n) is 19.9. The summed E-state index contributed by atoms with van der Waals surface area (Å²) < 4.78 is 0. The molecule has 1 saturated carbocycles. The van der Waals surface area contributed by atoms with Crippen LogP contribution in [0.3, 0.4) is 0 Å². The van der Waals surface area contributed by atoms with E-state index in [9.17, 15) is 10.1 Å². The Labute approximate surface area is 185 Å². The molecule has 0 aromatic heterocycles. The fourth-order valence-corrected chi connectivity index (χ4v) is 11.7. The van der Waals surface area contributed by atoms with E-state index in [1.165, 1.54) is 63.4 Å². The number of hydrogen-bond donors (Lipinski definition) is 1. The molecule has 1 amide bonds. The number of anilines is 1. The van der Waals surface area contributed by atoms with Crippen LogP contribution in [0.2, 0.25) is 0 Å². The van der Waals surface area contributed by atoms with E-state index in [0.717, 1.165) is 29.7 Å². The van der Waals surface area contributed by atoms with Gasteiger partial charge in [-0.05, 0) is 75.6 Å². The molecule has 0 saturated heterocycles. The molecule has 0 heterocycles. The first-order chi connectivity index (χ1) is 14.4. The van der Waals surface area contributed by atoms with Crippen molar-refractivity contribution in [3.63, 3.8) is 0 Å². The smallest absolute Gasteiger partial charge is 0.268 e. The predicted octanol–water partition coefficient (Wildman–Crippen LogP) is 7.45. The molecule has 4 heteroatoms. The minimum atomic E-state index is -1.38. The van der Waals surface area contributed by atoms with Crippen molar-refractivity contribution in [2.75, 3.05) is 23.8 Å². The summed E-state index contributed by atoms with van der Waals surface area (Å²) in [5.41, 5.74) is 3.57. The second-order valence-corrected chi connectivity index (χ2v) is 13.8. The highest BCUT2D eigenvalue weighted by Gasteiger charge is 2.64. The van der Waals surface area contributed by atoms with Crippen LogP contribution in [0.4, 0.5) is 5.69 Å². The van der Waals surface area contributed by atoms with Crippen molar-refractivity contribution in [1.82, 2.24) is 0 Å². The Bertz CT molecular complexity index is 716. The average Bonchev–Trinajstić information content (AvgIpc) is 2.70. The standard InChI is InChI=1S/C26H41N2OP/c1-6-9-15-30(16-10-7-2,17-11-8-3)26(13-12-14-26)25(29)28-24-21(4)18-23(20-27)19-22(24)5/h18-19H,6-17H2,1-5H3/p+1. The predicted molar refractivity (Wildman–Crippen MR) is 132 cm³/mol. The number of aryl methyl sites for hydroxylation is 2. The minimum Gasteiger partial charge on any atom is -0.322 e. The third kappa shape index (κ3) is 5.08. The number of rotatable bonds is 12. The summed E-state index contributed by atoms with van der Waals surface area (Å²) in [7, 11) is -1.38. The summed E-state index contributed by atoms with van der Waals surface area (Å²) in [5, 5.41) is 12.5. The number of hydrogen-bond acceptors (Lipinski definition) is 2. The molecule has 30 heavy (non-hydrogen) atoms. The van der Waals surface area contributed by atoms with Gasteiger partial charge in [0, 0.05) is 12.9 Å². The molecule has 0 atom stereocenters. The lowest BCUT2D eigenvalue weighted by molar-refractivity contribution is -0.120. The maximum atomic E-state index is 14.0. The van der Waals surface area contributed by atoms with Crippen LogP contribution in [0.5, 0.6) is 0 Å². The number of nitrogens with one attached hydrogen (secondary N) is 1. The summed E-state index contributed by atoms with van der Waals surface area (Å²) in [5.74, 6) is 0.279. The number of benzene rings is 1. The van der Waals surface area contributed by atoms with Gasteiger partial charge in [-0.2, -0.15) is 5.26 Å². The summed E-state index contributed by atoms with van der Waals surface area (Å²) >= 11 is 0. The monoisotopic (exact) mass is 429 g/mol. The molecule has 1 fully saturated rings. The van der Waals surface area contributed by atoms with Crippen LogP contribution in [0.15, 0.2) is 12.1 Å². The molecule has 0 aliphatic heterocycles. The Kier molecular flexibility index (Phi) is 9.36. The number of carbonyl (C=O) groups excluding carboxylic acids is 1. The summed E-state index contributed by atoms with van der Waals surface area (Å²) in [4.78, 5) is 14.0. The van der Waals surface area contributed by atoms with Gasteiger partial charge in [0.2, 0.25) is 0 Å². The quantitative estimate of drug-likeness (QED) is 0.351. The van der Waals surface area contributed by atoms with Crippen LogP contribution in [-0.4, -0.2) is 29.5 Å². The van der Waals surface area contributed by atoms with Crippen LogP contribution in [0.1, 0.15) is 95.2 Å². The van der Waals surface area contributed by atoms with E-state index >= 15 is 0 Å². The second kappa shape index (κ2) is 11.3. The summed E-state index contributed by atoms with van der Waals surface area (Å²) in [6.07, 6.45) is 14.6. The van der Waals surface area contributed by atoms with Gasteiger partial charge in [0.05, 0.1) is 30.1 Å². The molecule has 1 aliphatic rings. The van der Waals surface area contributed by atoms with E-state index in [2.05, 4.69) is 32.2 Å². The van der Waals surface area contributed by atoms with Gasteiger partial charge in [-0.25, -0.2) is 0 Å². The molecule has 2 rings (SSSR count). The summed E-state index contributed by atoms with van der Waals surface area (Å²) in [6, 6.07) is 6.01. The van der Waals surface area contributed by atoms with Crippen molar-refractivity contribution < 1.29 is 4.79 Å². The second-order valence-electron chi connectivity index (χ2n) is 9.31. The zero-order valence-corrected chi connectivity index (χ0v) is 20.8. The van der Waals surface area contributed by atoms with E-state index in [0.29, 0.717) is 5.56 Å². The molecular weight excluding hydrogens is 387 g/mol. The van der Waals surface area contributed by atoms with E-state index in [1.54, 1.807) is 0 Å². The lowest BCUT2D eigenvalue weighted by Crippen LogP contribution is -2.52. The molecule has 1 aromatic carbocycles. The lowest BCUT2D eigenvalue weighted by atomic mass is 9.83. The van der Waals surface area contributed by atoms with Gasteiger partial charge in [0.25, 0.3) is 5.91 Å². The van der Waals surface area contributed by atoms with Crippen LogP contribution >= 0.6 is 7.26 Å². The van der Waals surface area contributed by atoms with E-state index in [4.69, 9.17) is 0 Å². The zero-order chi connectivity index (χ0) is 22.2. The van der Waals surface area contributed by atoms with Gasteiger partial charge in [-0.15, -0.1) is 0 Å². The average molecular weight is 430 g/mol. The van der Waals surface area contributed by atoms with E-state index in [-0.39, 0.29) is 11.1 Å². The Morgan fingerprint density at radius 2 is 1.47 bits per heavy atom. The Morgan fingerprint density at radius 3 is 1.80 bits per heavy atom. The number of nitriles is 1. The van der Waals surface area contributed by atoms with Gasteiger partial charge in [0.15, 0.2) is 5.16 Å². The van der Waals surface area contributed by atoms with Crippen LogP contribution in [0, 0.1) is 25.2 Å². The highest BCUT2D eigenvalue weighted by molar-refractivity contribution is 7.78. The SMILES string of the molecule is CCCC[P+](CCCC)(CCCC)C1(C(=O)Nc2c(C)cc(C#N)cc2C)CCC1. The maximum Gasteiger partial charge on any atom is 0.268 e. The van der Waals surface area contributed by atoms with Gasteiger partial charge in [0.1, 0.15) is 0 Å². The van der Waals surface area contributed by atoms with Gasteiger partial charge in [-0.3, -0.25) is 4.79 Å². The molecule has 1 aromatic rings.